The number of halogens is 3. The number of aromatic nitrogens is 1. The number of aromatic hydroxyl groups is 1. The van der Waals surface area contributed by atoms with Crippen LogP contribution in [0.15, 0.2) is 77.0 Å². The van der Waals surface area contributed by atoms with Crippen LogP contribution in [0.3, 0.4) is 0 Å². The van der Waals surface area contributed by atoms with Gasteiger partial charge in [0.05, 0.1) is 17.1 Å². The minimum absolute atomic E-state index is 0.100. The second-order valence-electron chi connectivity index (χ2n) is 6.86. The third-order valence-corrected chi connectivity index (χ3v) is 5.48. The fourth-order valence-corrected chi connectivity index (χ4v) is 3.62. The lowest BCUT2D eigenvalue weighted by Gasteiger charge is -2.07. The van der Waals surface area contributed by atoms with Gasteiger partial charge in [-0.3, -0.25) is 4.79 Å². The summed E-state index contributed by atoms with van der Waals surface area (Å²) < 4.78 is 7.08. The number of fused-ring (bicyclic) bond motifs is 1. The zero-order chi connectivity index (χ0) is 22.7. The number of carbonyl (C=O) groups excluding carboxylic acids is 1. The molecule has 1 amide bonds. The van der Waals surface area contributed by atoms with Gasteiger partial charge in [-0.1, -0.05) is 65.1 Å². The van der Waals surface area contributed by atoms with Crippen LogP contribution in [0.25, 0.3) is 10.9 Å². The van der Waals surface area contributed by atoms with Gasteiger partial charge in [0, 0.05) is 21.5 Å². The van der Waals surface area contributed by atoms with Crippen molar-refractivity contribution in [2.45, 2.75) is 6.54 Å². The molecule has 1 aromatic heterocycles. The number of benzene rings is 3. The lowest BCUT2D eigenvalue weighted by Crippen LogP contribution is -2.08. The summed E-state index contributed by atoms with van der Waals surface area (Å²) in [6, 6.07) is 19.3. The molecule has 4 rings (SSSR count). The molecule has 0 aliphatic rings. The number of ether oxygens (including phenoxy) is 1. The summed E-state index contributed by atoms with van der Waals surface area (Å²) in [6.07, 6.45) is 0. The SMILES string of the molecule is O=C(COc1cc(Cl)ccc1Cl)N=Nc1c(O)n(Cc2ccc(Cl)cc2)c2ccccc12. The van der Waals surface area contributed by atoms with Crippen molar-refractivity contribution in [3.63, 3.8) is 0 Å². The van der Waals surface area contributed by atoms with Gasteiger partial charge in [0.15, 0.2) is 12.3 Å². The fraction of sp³-hybridized carbons (Fsp3) is 0.0870. The van der Waals surface area contributed by atoms with Gasteiger partial charge in [0.25, 0.3) is 0 Å². The van der Waals surface area contributed by atoms with Crippen LogP contribution >= 0.6 is 34.8 Å². The van der Waals surface area contributed by atoms with E-state index >= 15 is 0 Å². The third kappa shape index (κ3) is 4.88. The Morgan fingerprint density at radius 2 is 1.69 bits per heavy atom. The molecule has 32 heavy (non-hydrogen) atoms. The Morgan fingerprint density at radius 3 is 2.47 bits per heavy atom. The number of hydrogen-bond donors (Lipinski definition) is 1. The van der Waals surface area contributed by atoms with Gasteiger partial charge in [-0.15, -0.1) is 10.2 Å². The molecule has 4 aromatic rings. The highest BCUT2D eigenvalue weighted by molar-refractivity contribution is 6.34. The van der Waals surface area contributed by atoms with Gasteiger partial charge in [-0.05, 0) is 35.9 Å². The number of carbonyl (C=O) groups is 1. The molecule has 1 heterocycles. The highest BCUT2D eigenvalue weighted by atomic mass is 35.5. The van der Waals surface area contributed by atoms with Crippen LogP contribution in [0, 0.1) is 0 Å². The van der Waals surface area contributed by atoms with E-state index in [0.29, 0.717) is 27.0 Å². The topological polar surface area (TPSA) is 76.2 Å². The maximum absolute atomic E-state index is 12.2. The summed E-state index contributed by atoms with van der Waals surface area (Å²) in [5, 5.41) is 20.6. The van der Waals surface area contributed by atoms with E-state index in [2.05, 4.69) is 10.2 Å². The Morgan fingerprint density at radius 1 is 0.969 bits per heavy atom. The molecule has 0 atom stereocenters. The molecular formula is C23H16Cl3N3O3. The van der Waals surface area contributed by atoms with Gasteiger partial charge >= 0.3 is 5.91 Å². The van der Waals surface area contributed by atoms with E-state index in [-0.39, 0.29) is 23.9 Å². The Labute approximate surface area is 198 Å². The van der Waals surface area contributed by atoms with Gasteiger partial charge in [0.2, 0.25) is 5.88 Å². The smallest absolute Gasteiger partial charge is 0.302 e. The van der Waals surface area contributed by atoms with E-state index in [4.69, 9.17) is 39.5 Å². The largest absolute Gasteiger partial charge is 0.493 e. The minimum Gasteiger partial charge on any atom is -0.493 e. The quantitative estimate of drug-likeness (QED) is 0.296. The highest BCUT2D eigenvalue weighted by Gasteiger charge is 2.17. The first-order valence-corrected chi connectivity index (χ1v) is 10.6. The zero-order valence-electron chi connectivity index (χ0n) is 16.5. The maximum atomic E-state index is 12.2. The Balaban J connectivity index is 1.56. The second-order valence-corrected chi connectivity index (χ2v) is 8.14. The first kappa shape index (κ1) is 22.1. The molecule has 1 N–H and O–H groups in total. The Hall–Kier alpha value is -3.06. The standard InChI is InChI=1S/C23H16Cl3N3O3/c24-15-7-5-14(6-8-15)12-29-19-4-2-1-3-17(19)22(23(29)31)28-27-21(30)13-32-20-11-16(25)9-10-18(20)26/h1-11,31H,12-13H2. The van der Waals surface area contributed by atoms with Crippen LogP contribution < -0.4 is 4.74 Å². The monoisotopic (exact) mass is 487 g/mol. The van der Waals surface area contributed by atoms with E-state index in [1.54, 1.807) is 34.9 Å². The van der Waals surface area contributed by atoms with Crippen molar-refractivity contribution in [1.82, 2.24) is 4.57 Å². The van der Waals surface area contributed by atoms with Gasteiger partial charge in [-0.25, -0.2) is 0 Å². The number of hydrogen-bond acceptors (Lipinski definition) is 4. The molecule has 0 fully saturated rings. The molecule has 9 heteroatoms. The molecule has 0 spiro atoms. The van der Waals surface area contributed by atoms with Gasteiger partial charge < -0.3 is 14.4 Å². The van der Waals surface area contributed by atoms with E-state index in [0.717, 1.165) is 11.1 Å². The molecule has 0 saturated carbocycles. The van der Waals surface area contributed by atoms with Crippen molar-refractivity contribution in [2.24, 2.45) is 10.2 Å². The Bertz CT molecular complexity index is 1320. The molecule has 162 valence electrons. The van der Waals surface area contributed by atoms with Crippen molar-refractivity contribution in [2.75, 3.05) is 6.61 Å². The number of azo groups is 1. The molecule has 0 aliphatic heterocycles. The predicted molar refractivity (Wildman–Crippen MR) is 126 cm³/mol. The number of amides is 1. The summed E-state index contributed by atoms with van der Waals surface area (Å²) in [4.78, 5) is 12.2. The zero-order valence-corrected chi connectivity index (χ0v) is 18.8. The summed E-state index contributed by atoms with van der Waals surface area (Å²) >= 11 is 17.9. The van der Waals surface area contributed by atoms with Crippen LogP contribution in [0.5, 0.6) is 11.6 Å². The number of rotatable bonds is 6. The van der Waals surface area contributed by atoms with Crippen molar-refractivity contribution in [3.8, 4) is 11.6 Å². The predicted octanol–water partition coefficient (Wildman–Crippen LogP) is 7.04. The summed E-state index contributed by atoms with van der Waals surface area (Å²) in [6.45, 7) is 0.0110. The molecule has 3 aromatic carbocycles. The van der Waals surface area contributed by atoms with Crippen molar-refractivity contribution < 1.29 is 14.6 Å². The van der Waals surface area contributed by atoms with E-state index in [9.17, 15) is 9.90 Å². The summed E-state index contributed by atoms with van der Waals surface area (Å²) in [7, 11) is 0. The molecule has 0 aliphatic carbocycles. The maximum Gasteiger partial charge on any atom is 0.302 e. The van der Waals surface area contributed by atoms with Crippen LogP contribution in [0.4, 0.5) is 5.69 Å². The summed E-state index contributed by atoms with van der Waals surface area (Å²) in [5.41, 5.74) is 1.89. The number of para-hydroxylation sites is 1. The molecule has 0 saturated heterocycles. The lowest BCUT2D eigenvalue weighted by molar-refractivity contribution is -0.120. The second kappa shape index (κ2) is 9.61. The minimum atomic E-state index is -0.644. The fourth-order valence-electron chi connectivity index (χ4n) is 3.16. The van der Waals surface area contributed by atoms with Crippen LogP contribution in [0.2, 0.25) is 15.1 Å². The van der Waals surface area contributed by atoms with E-state index in [1.807, 2.05) is 30.3 Å². The average molecular weight is 489 g/mol. The van der Waals surface area contributed by atoms with Crippen molar-refractivity contribution in [1.29, 1.82) is 0 Å². The van der Waals surface area contributed by atoms with Gasteiger partial charge in [-0.2, -0.15) is 0 Å². The molecule has 0 radical (unpaired) electrons. The van der Waals surface area contributed by atoms with E-state index < -0.39 is 5.91 Å². The molecule has 6 nitrogen and oxygen atoms in total. The van der Waals surface area contributed by atoms with E-state index in [1.165, 1.54) is 6.07 Å². The Kier molecular flexibility index (Phi) is 6.65. The van der Waals surface area contributed by atoms with Crippen LogP contribution in [-0.4, -0.2) is 22.2 Å². The van der Waals surface area contributed by atoms with Crippen molar-refractivity contribution >= 4 is 57.3 Å². The number of nitrogens with zero attached hydrogens (tertiary/aromatic N) is 3. The normalized spacial score (nSPS) is 11.3. The first-order chi connectivity index (χ1) is 15.4. The lowest BCUT2D eigenvalue weighted by atomic mass is 10.2. The van der Waals surface area contributed by atoms with Crippen molar-refractivity contribution in [3.05, 3.63) is 87.4 Å². The first-order valence-electron chi connectivity index (χ1n) is 9.49. The molecule has 0 bridgehead atoms. The average Bonchev–Trinajstić information content (AvgIpc) is 3.05. The van der Waals surface area contributed by atoms with Crippen LogP contribution in [-0.2, 0) is 11.3 Å². The van der Waals surface area contributed by atoms with Gasteiger partial charge in [0.1, 0.15) is 5.75 Å². The highest BCUT2D eigenvalue weighted by Crippen LogP contribution is 2.39. The summed E-state index contributed by atoms with van der Waals surface area (Å²) in [5.74, 6) is -0.475. The molecular weight excluding hydrogens is 473 g/mol. The molecule has 0 unspecified atom stereocenters. The van der Waals surface area contributed by atoms with Crippen LogP contribution in [0.1, 0.15) is 5.56 Å². The third-order valence-electron chi connectivity index (χ3n) is 4.68.